The maximum Gasteiger partial charge on any atom is 0.263 e. The quantitative estimate of drug-likeness (QED) is 0.828. The molecule has 0 aromatic heterocycles. The SMILES string of the molecule is CC(Oc1ccc(O)cc1)C(=O)N1CCC(NC(=O)c2cccc(F)c2)CC1. The summed E-state index contributed by atoms with van der Waals surface area (Å²) in [6.45, 7) is 2.71. The molecule has 2 amide bonds. The molecule has 6 nitrogen and oxygen atoms in total. The molecule has 1 aliphatic heterocycles. The lowest BCUT2D eigenvalue weighted by Crippen LogP contribution is -2.49. The number of benzene rings is 2. The van der Waals surface area contributed by atoms with Gasteiger partial charge in [-0.05, 0) is 62.2 Å². The number of halogens is 1. The number of rotatable bonds is 5. The van der Waals surface area contributed by atoms with Gasteiger partial charge in [0.15, 0.2) is 6.10 Å². The minimum absolute atomic E-state index is 0.0619. The van der Waals surface area contributed by atoms with Gasteiger partial charge in [-0.1, -0.05) is 6.07 Å². The lowest BCUT2D eigenvalue weighted by molar-refractivity contribution is -0.139. The Morgan fingerprint density at radius 1 is 1.18 bits per heavy atom. The number of carbonyl (C=O) groups excluding carboxylic acids is 2. The predicted octanol–water partition coefficient (Wildman–Crippen LogP) is 2.72. The van der Waals surface area contributed by atoms with Crippen LogP contribution in [0.25, 0.3) is 0 Å². The fraction of sp³-hybridized carbons (Fsp3) is 0.333. The third-order valence-corrected chi connectivity index (χ3v) is 4.73. The molecule has 1 unspecified atom stereocenters. The van der Waals surface area contributed by atoms with Gasteiger partial charge in [0.1, 0.15) is 17.3 Å². The van der Waals surface area contributed by atoms with Crippen molar-refractivity contribution in [3.8, 4) is 11.5 Å². The number of phenolic OH excluding ortho intramolecular Hbond substituents is 1. The average Bonchev–Trinajstić information content (AvgIpc) is 2.69. The van der Waals surface area contributed by atoms with Crippen LogP contribution in [0.2, 0.25) is 0 Å². The monoisotopic (exact) mass is 386 g/mol. The van der Waals surface area contributed by atoms with Gasteiger partial charge in [0.05, 0.1) is 0 Å². The van der Waals surface area contributed by atoms with Gasteiger partial charge in [-0.15, -0.1) is 0 Å². The highest BCUT2D eigenvalue weighted by Gasteiger charge is 2.28. The maximum absolute atomic E-state index is 13.2. The molecule has 0 aliphatic carbocycles. The summed E-state index contributed by atoms with van der Waals surface area (Å²) in [4.78, 5) is 26.5. The van der Waals surface area contributed by atoms with Crippen LogP contribution < -0.4 is 10.1 Å². The minimum Gasteiger partial charge on any atom is -0.508 e. The van der Waals surface area contributed by atoms with Crippen LogP contribution >= 0.6 is 0 Å². The molecule has 0 spiro atoms. The highest BCUT2D eigenvalue weighted by molar-refractivity contribution is 5.94. The number of nitrogens with zero attached hydrogens (tertiary/aromatic N) is 1. The lowest BCUT2D eigenvalue weighted by Gasteiger charge is -2.33. The van der Waals surface area contributed by atoms with Gasteiger partial charge in [-0.25, -0.2) is 4.39 Å². The molecule has 1 atom stereocenters. The molecule has 0 saturated carbocycles. The first-order valence-corrected chi connectivity index (χ1v) is 9.23. The topological polar surface area (TPSA) is 78.9 Å². The van der Waals surface area contributed by atoms with E-state index in [1.807, 2.05) is 0 Å². The zero-order valence-corrected chi connectivity index (χ0v) is 15.6. The van der Waals surface area contributed by atoms with Gasteiger partial charge in [-0.2, -0.15) is 0 Å². The Balaban J connectivity index is 1.48. The molecule has 1 aliphatic rings. The van der Waals surface area contributed by atoms with Crippen molar-refractivity contribution in [3.05, 3.63) is 59.9 Å². The first-order valence-electron chi connectivity index (χ1n) is 9.23. The summed E-state index contributed by atoms with van der Waals surface area (Å²) in [7, 11) is 0. The van der Waals surface area contributed by atoms with Gasteiger partial charge in [0, 0.05) is 24.7 Å². The summed E-state index contributed by atoms with van der Waals surface area (Å²) in [5, 5.41) is 12.2. The standard InChI is InChI=1S/C21H23FN2O4/c1-14(28-19-7-5-18(25)6-8-19)21(27)24-11-9-17(10-12-24)23-20(26)15-3-2-4-16(22)13-15/h2-8,13-14,17,25H,9-12H2,1H3,(H,23,26). The van der Waals surface area contributed by atoms with E-state index in [4.69, 9.17) is 4.74 Å². The fourth-order valence-corrected chi connectivity index (χ4v) is 3.18. The summed E-state index contributed by atoms with van der Waals surface area (Å²) in [5.41, 5.74) is 0.287. The van der Waals surface area contributed by atoms with Crippen LogP contribution in [0.1, 0.15) is 30.1 Å². The summed E-state index contributed by atoms with van der Waals surface area (Å²) in [6.07, 6.45) is 0.597. The molecule has 1 saturated heterocycles. The van der Waals surface area contributed by atoms with E-state index in [0.717, 1.165) is 0 Å². The van der Waals surface area contributed by atoms with E-state index in [-0.39, 0.29) is 29.2 Å². The summed E-state index contributed by atoms with van der Waals surface area (Å²) in [5.74, 6) is -0.239. The van der Waals surface area contributed by atoms with E-state index in [1.54, 1.807) is 30.0 Å². The zero-order valence-electron chi connectivity index (χ0n) is 15.6. The molecule has 2 N–H and O–H groups in total. The van der Waals surface area contributed by atoms with Crippen LogP contribution in [0.5, 0.6) is 11.5 Å². The van der Waals surface area contributed by atoms with Crippen LogP contribution in [-0.4, -0.2) is 47.1 Å². The Hall–Kier alpha value is -3.09. The van der Waals surface area contributed by atoms with E-state index < -0.39 is 11.9 Å². The average molecular weight is 386 g/mol. The van der Waals surface area contributed by atoms with Crippen molar-refractivity contribution in [2.45, 2.75) is 31.9 Å². The maximum atomic E-state index is 13.2. The van der Waals surface area contributed by atoms with E-state index in [2.05, 4.69) is 5.32 Å². The number of ether oxygens (including phenoxy) is 1. The van der Waals surface area contributed by atoms with Crippen molar-refractivity contribution in [2.24, 2.45) is 0 Å². The predicted molar refractivity (Wildman–Crippen MR) is 102 cm³/mol. The molecule has 1 fully saturated rings. The van der Waals surface area contributed by atoms with E-state index in [1.165, 1.54) is 30.3 Å². The normalized spacial score (nSPS) is 15.7. The molecule has 0 bridgehead atoms. The van der Waals surface area contributed by atoms with Crippen LogP contribution in [0.3, 0.4) is 0 Å². The number of nitrogens with one attached hydrogen (secondary N) is 1. The Labute approximate surface area is 162 Å². The number of phenols is 1. The van der Waals surface area contributed by atoms with Crippen molar-refractivity contribution < 1.29 is 23.8 Å². The number of amides is 2. The molecule has 7 heteroatoms. The molecule has 1 heterocycles. The molecular formula is C21H23FN2O4. The number of hydrogen-bond donors (Lipinski definition) is 2. The second-order valence-corrected chi connectivity index (χ2v) is 6.84. The summed E-state index contributed by atoms with van der Waals surface area (Å²) >= 11 is 0. The van der Waals surface area contributed by atoms with Crippen molar-refractivity contribution in [1.82, 2.24) is 10.2 Å². The Kier molecular flexibility index (Phi) is 6.13. The van der Waals surface area contributed by atoms with Crippen molar-refractivity contribution in [2.75, 3.05) is 13.1 Å². The second-order valence-electron chi connectivity index (χ2n) is 6.84. The highest BCUT2D eigenvalue weighted by atomic mass is 19.1. The first kappa shape index (κ1) is 19.7. The van der Waals surface area contributed by atoms with Crippen LogP contribution in [0.15, 0.2) is 48.5 Å². The Morgan fingerprint density at radius 2 is 1.86 bits per heavy atom. The second kappa shape index (κ2) is 8.73. The summed E-state index contributed by atoms with van der Waals surface area (Å²) in [6, 6.07) is 11.7. The van der Waals surface area contributed by atoms with Gasteiger partial charge >= 0.3 is 0 Å². The lowest BCUT2D eigenvalue weighted by atomic mass is 10.0. The van der Waals surface area contributed by atoms with E-state index in [9.17, 15) is 19.1 Å². The van der Waals surface area contributed by atoms with Crippen LogP contribution in [0, 0.1) is 5.82 Å². The third kappa shape index (κ3) is 5.00. The number of carbonyl (C=O) groups is 2. The third-order valence-electron chi connectivity index (χ3n) is 4.73. The number of aromatic hydroxyl groups is 1. The van der Waals surface area contributed by atoms with Crippen molar-refractivity contribution >= 4 is 11.8 Å². The van der Waals surface area contributed by atoms with Gasteiger partial charge < -0.3 is 20.1 Å². The highest BCUT2D eigenvalue weighted by Crippen LogP contribution is 2.19. The molecule has 3 rings (SSSR count). The molecular weight excluding hydrogens is 363 g/mol. The fourth-order valence-electron chi connectivity index (χ4n) is 3.18. The van der Waals surface area contributed by atoms with Gasteiger partial charge in [0.2, 0.25) is 0 Å². The molecule has 28 heavy (non-hydrogen) atoms. The largest absolute Gasteiger partial charge is 0.508 e. The van der Waals surface area contributed by atoms with Gasteiger partial charge in [0.25, 0.3) is 11.8 Å². The van der Waals surface area contributed by atoms with E-state index in [0.29, 0.717) is 31.7 Å². The first-order chi connectivity index (χ1) is 13.4. The molecule has 2 aromatic rings. The van der Waals surface area contributed by atoms with Crippen molar-refractivity contribution in [1.29, 1.82) is 0 Å². The molecule has 0 radical (unpaired) electrons. The number of likely N-dealkylation sites (tertiary alicyclic amines) is 1. The van der Waals surface area contributed by atoms with Crippen molar-refractivity contribution in [3.63, 3.8) is 0 Å². The Bertz CT molecular complexity index is 833. The zero-order chi connectivity index (χ0) is 20.1. The molecule has 2 aromatic carbocycles. The smallest absolute Gasteiger partial charge is 0.263 e. The molecule has 148 valence electrons. The van der Waals surface area contributed by atoms with Crippen LogP contribution in [-0.2, 0) is 4.79 Å². The number of piperidine rings is 1. The van der Waals surface area contributed by atoms with E-state index >= 15 is 0 Å². The summed E-state index contributed by atoms with van der Waals surface area (Å²) < 4.78 is 18.9. The van der Waals surface area contributed by atoms with Gasteiger partial charge in [-0.3, -0.25) is 9.59 Å². The van der Waals surface area contributed by atoms with Crippen LogP contribution in [0.4, 0.5) is 4.39 Å². The Morgan fingerprint density at radius 3 is 2.50 bits per heavy atom. The number of hydrogen-bond acceptors (Lipinski definition) is 4. The minimum atomic E-state index is -0.650.